The van der Waals surface area contributed by atoms with Crippen molar-refractivity contribution in [1.29, 1.82) is 0 Å². The van der Waals surface area contributed by atoms with Crippen LogP contribution < -0.4 is 5.32 Å². The minimum atomic E-state index is -0.274. The van der Waals surface area contributed by atoms with Crippen LogP contribution in [-0.4, -0.2) is 51.1 Å². The number of carbonyl (C=O) groups excluding carboxylic acids is 2. The molecule has 0 aliphatic carbocycles. The molecule has 1 unspecified atom stereocenters. The second kappa shape index (κ2) is 6.74. The molecule has 1 fully saturated rings. The molecule has 0 bridgehead atoms. The number of hydrogen-bond donors (Lipinski definition) is 3. The Kier molecular flexibility index (Phi) is 4.50. The van der Waals surface area contributed by atoms with Crippen molar-refractivity contribution in [1.82, 2.24) is 20.4 Å². The number of nitrogens with zero attached hydrogens (tertiary/aromatic N) is 2. The van der Waals surface area contributed by atoms with Crippen LogP contribution in [0.1, 0.15) is 30.3 Å². The van der Waals surface area contributed by atoms with E-state index in [2.05, 4.69) is 15.5 Å². The molecule has 7 heteroatoms. The number of nitrogens with one attached hydrogen (secondary N) is 2. The van der Waals surface area contributed by atoms with Crippen LogP contribution in [0.5, 0.6) is 5.75 Å². The number of phenols is 1. The van der Waals surface area contributed by atoms with Crippen LogP contribution in [0.25, 0.3) is 11.3 Å². The Labute approximate surface area is 139 Å². The summed E-state index contributed by atoms with van der Waals surface area (Å²) in [7, 11) is 0. The Morgan fingerprint density at radius 1 is 1.42 bits per heavy atom. The van der Waals surface area contributed by atoms with Gasteiger partial charge in [-0.1, -0.05) is 6.92 Å². The Balaban J connectivity index is 1.64. The highest BCUT2D eigenvalue weighted by Gasteiger charge is 2.30. The third kappa shape index (κ3) is 3.40. The van der Waals surface area contributed by atoms with Gasteiger partial charge in [0.25, 0.3) is 5.91 Å². The van der Waals surface area contributed by atoms with Gasteiger partial charge in [-0.15, -0.1) is 0 Å². The summed E-state index contributed by atoms with van der Waals surface area (Å²) >= 11 is 0. The van der Waals surface area contributed by atoms with E-state index >= 15 is 0 Å². The lowest BCUT2D eigenvalue weighted by Gasteiger charge is -2.15. The van der Waals surface area contributed by atoms with Gasteiger partial charge in [-0.3, -0.25) is 14.7 Å². The van der Waals surface area contributed by atoms with Crippen LogP contribution in [-0.2, 0) is 4.79 Å². The van der Waals surface area contributed by atoms with E-state index in [-0.39, 0.29) is 23.6 Å². The summed E-state index contributed by atoms with van der Waals surface area (Å²) in [6.07, 6.45) is 1.24. The van der Waals surface area contributed by atoms with E-state index in [9.17, 15) is 14.7 Å². The molecule has 24 heavy (non-hydrogen) atoms. The number of aromatic hydroxyl groups is 1. The number of phenolic OH excluding ortho intramolecular Hbond substituents is 1. The molecule has 126 valence electrons. The third-order valence-corrected chi connectivity index (χ3v) is 4.03. The summed E-state index contributed by atoms with van der Waals surface area (Å²) in [6, 6.07) is 8.07. The highest BCUT2D eigenvalue weighted by molar-refractivity contribution is 5.94. The average Bonchev–Trinajstić information content (AvgIpc) is 3.16. The third-order valence-electron chi connectivity index (χ3n) is 4.03. The molecule has 2 aromatic rings. The first-order chi connectivity index (χ1) is 11.6. The predicted octanol–water partition coefficient (Wildman–Crippen LogP) is 1.52. The molecule has 0 saturated carbocycles. The highest BCUT2D eigenvalue weighted by Crippen LogP contribution is 2.20. The lowest BCUT2D eigenvalue weighted by atomic mass is 10.1. The summed E-state index contributed by atoms with van der Waals surface area (Å²) in [5.41, 5.74) is 1.77. The summed E-state index contributed by atoms with van der Waals surface area (Å²) < 4.78 is 0. The number of aromatic amines is 1. The average molecular weight is 328 g/mol. The van der Waals surface area contributed by atoms with Crippen molar-refractivity contribution in [2.24, 2.45) is 0 Å². The van der Waals surface area contributed by atoms with Crippen LogP contribution in [0.4, 0.5) is 0 Å². The maximum atomic E-state index is 12.3. The zero-order valence-electron chi connectivity index (χ0n) is 13.5. The Hall–Kier alpha value is -2.83. The van der Waals surface area contributed by atoms with Crippen LogP contribution in [0, 0.1) is 0 Å². The van der Waals surface area contributed by atoms with Gasteiger partial charge in [0.15, 0.2) is 0 Å². The summed E-state index contributed by atoms with van der Waals surface area (Å²) in [5.74, 6) is -0.0185. The van der Waals surface area contributed by atoms with E-state index in [1.54, 1.807) is 35.2 Å². The van der Waals surface area contributed by atoms with E-state index in [4.69, 9.17) is 0 Å². The zero-order chi connectivity index (χ0) is 17.1. The minimum absolute atomic E-state index is 0.0801. The van der Waals surface area contributed by atoms with Crippen molar-refractivity contribution in [3.8, 4) is 17.0 Å². The molecule has 1 aliphatic rings. The standard InChI is InChI=1S/C17H20N4O3/c1-2-7-21-10-12(8-16(21)23)18-17(24)15-9-14(19-20-15)11-3-5-13(22)6-4-11/h3-6,9,12,22H,2,7-8,10H2,1H3,(H,18,24)(H,19,20). The first-order valence-electron chi connectivity index (χ1n) is 8.00. The molecule has 1 saturated heterocycles. The maximum Gasteiger partial charge on any atom is 0.269 e. The first-order valence-corrected chi connectivity index (χ1v) is 8.00. The van der Waals surface area contributed by atoms with Crippen molar-refractivity contribution < 1.29 is 14.7 Å². The zero-order valence-corrected chi connectivity index (χ0v) is 13.5. The van der Waals surface area contributed by atoms with E-state index < -0.39 is 0 Å². The number of carbonyl (C=O) groups is 2. The molecule has 0 spiro atoms. The number of benzene rings is 1. The fourth-order valence-electron chi connectivity index (χ4n) is 2.84. The molecule has 1 aliphatic heterocycles. The normalized spacial score (nSPS) is 17.3. The Morgan fingerprint density at radius 2 is 2.17 bits per heavy atom. The number of likely N-dealkylation sites (tertiary alicyclic amines) is 1. The highest BCUT2D eigenvalue weighted by atomic mass is 16.3. The molecule has 1 aromatic carbocycles. The van der Waals surface area contributed by atoms with Crippen molar-refractivity contribution in [3.63, 3.8) is 0 Å². The smallest absolute Gasteiger partial charge is 0.269 e. The predicted molar refractivity (Wildman–Crippen MR) is 88.4 cm³/mol. The quantitative estimate of drug-likeness (QED) is 0.775. The van der Waals surface area contributed by atoms with Gasteiger partial charge in [0, 0.05) is 25.1 Å². The van der Waals surface area contributed by atoms with Crippen LogP contribution in [0.2, 0.25) is 0 Å². The number of H-pyrrole nitrogens is 1. The van der Waals surface area contributed by atoms with Gasteiger partial charge in [0.1, 0.15) is 11.4 Å². The second-order valence-corrected chi connectivity index (χ2v) is 5.93. The van der Waals surface area contributed by atoms with Crippen molar-refractivity contribution >= 4 is 11.8 Å². The van der Waals surface area contributed by atoms with Crippen LogP contribution >= 0.6 is 0 Å². The van der Waals surface area contributed by atoms with Crippen LogP contribution in [0.15, 0.2) is 30.3 Å². The molecule has 2 amide bonds. The molecular weight excluding hydrogens is 308 g/mol. The van der Waals surface area contributed by atoms with Gasteiger partial charge in [-0.2, -0.15) is 5.10 Å². The monoisotopic (exact) mass is 328 g/mol. The molecular formula is C17H20N4O3. The first kappa shape index (κ1) is 16.0. The molecule has 1 atom stereocenters. The van der Waals surface area contributed by atoms with Crippen molar-refractivity contribution in [3.05, 3.63) is 36.0 Å². The number of aromatic nitrogens is 2. The van der Waals surface area contributed by atoms with Gasteiger partial charge >= 0.3 is 0 Å². The maximum absolute atomic E-state index is 12.3. The van der Waals surface area contributed by atoms with E-state index in [0.29, 0.717) is 24.4 Å². The fourth-order valence-corrected chi connectivity index (χ4v) is 2.84. The number of hydrogen-bond acceptors (Lipinski definition) is 4. The Morgan fingerprint density at radius 3 is 2.88 bits per heavy atom. The fraction of sp³-hybridized carbons (Fsp3) is 0.353. The second-order valence-electron chi connectivity index (χ2n) is 5.93. The van der Waals surface area contributed by atoms with Crippen molar-refractivity contribution in [2.75, 3.05) is 13.1 Å². The van der Waals surface area contributed by atoms with Gasteiger partial charge in [0.05, 0.1) is 11.7 Å². The van der Waals surface area contributed by atoms with E-state index in [1.165, 1.54) is 0 Å². The molecule has 0 radical (unpaired) electrons. The van der Waals surface area contributed by atoms with Gasteiger partial charge in [0.2, 0.25) is 5.91 Å². The summed E-state index contributed by atoms with van der Waals surface area (Å²) in [5, 5.41) is 19.0. The van der Waals surface area contributed by atoms with E-state index in [1.807, 2.05) is 6.92 Å². The van der Waals surface area contributed by atoms with Gasteiger partial charge < -0.3 is 15.3 Å². The Bertz CT molecular complexity index is 739. The molecule has 3 N–H and O–H groups in total. The number of amides is 2. The summed E-state index contributed by atoms with van der Waals surface area (Å²) in [4.78, 5) is 25.9. The molecule has 2 heterocycles. The minimum Gasteiger partial charge on any atom is -0.508 e. The lowest BCUT2D eigenvalue weighted by molar-refractivity contribution is -0.127. The summed E-state index contributed by atoms with van der Waals surface area (Å²) in [6.45, 7) is 3.30. The molecule has 1 aromatic heterocycles. The largest absolute Gasteiger partial charge is 0.508 e. The molecule has 7 nitrogen and oxygen atoms in total. The number of rotatable bonds is 5. The SMILES string of the molecule is CCCN1CC(NC(=O)c2cc(-c3ccc(O)cc3)n[nH]2)CC1=O. The lowest BCUT2D eigenvalue weighted by Crippen LogP contribution is -2.37. The van der Waals surface area contributed by atoms with Gasteiger partial charge in [-0.05, 0) is 36.8 Å². The topological polar surface area (TPSA) is 98.3 Å². The van der Waals surface area contributed by atoms with E-state index in [0.717, 1.165) is 18.5 Å². The van der Waals surface area contributed by atoms with Crippen LogP contribution in [0.3, 0.4) is 0 Å². The van der Waals surface area contributed by atoms with Gasteiger partial charge in [-0.25, -0.2) is 0 Å². The van der Waals surface area contributed by atoms with Crippen molar-refractivity contribution in [2.45, 2.75) is 25.8 Å². The molecule has 3 rings (SSSR count).